The molecule has 7 aliphatic carbocycles. The Hall–Kier alpha value is -4.79. The first-order valence-corrected chi connectivity index (χ1v) is 22.1. The molecule has 2 fully saturated rings. The molecule has 56 heavy (non-hydrogen) atoms. The summed E-state index contributed by atoms with van der Waals surface area (Å²) in [6.45, 7) is 0. The predicted molar refractivity (Wildman–Crippen MR) is 224 cm³/mol. The van der Waals surface area contributed by atoms with Crippen molar-refractivity contribution in [3.05, 3.63) is 111 Å². The Bertz CT molecular complexity index is 2280. The van der Waals surface area contributed by atoms with E-state index in [-0.39, 0.29) is 0 Å². The minimum atomic E-state index is 0.317. The van der Waals surface area contributed by atoms with Gasteiger partial charge in [-0.15, -0.1) is 0 Å². The Morgan fingerprint density at radius 3 is 2.41 bits per heavy atom. The molecule has 8 unspecified atom stereocenters. The van der Waals surface area contributed by atoms with Crippen molar-refractivity contribution in [1.29, 1.82) is 15.8 Å². The smallest absolute Gasteiger partial charge is 0.0991 e. The van der Waals surface area contributed by atoms with E-state index in [4.69, 9.17) is 0 Å². The van der Waals surface area contributed by atoms with Gasteiger partial charge in [-0.2, -0.15) is 15.8 Å². The number of fused-ring (bicyclic) bond motifs is 5. The van der Waals surface area contributed by atoms with Crippen molar-refractivity contribution in [2.24, 2.45) is 29.6 Å². The van der Waals surface area contributed by atoms with Crippen LogP contribution < -0.4 is 0 Å². The first-order valence-electron chi connectivity index (χ1n) is 22.1. The largest absolute Gasteiger partial charge is 0.364 e. The summed E-state index contributed by atoms with van der Waals surface area (Å²) in [5, 5.41) is 31.0. The van der Waals surface area contributed by atoms with Gasteiger partial charge in [0.2, 0.25) is 0 Å². The zero-order valence-electron chi connectivity index (χ0n) is 32.9. The second-order valence-corrected chi connectivity index (χ2v) is 18.3. The fourth-order valence-corrected chi connectivity index (χ4v) is 13.3. The van der Waals surface area contributed by atoms with Crippen molar-refractivity contribution < 1.29 is 0 Å². The van der Waals surface area contributed by atoms with E-state index < -0.39 is 0 Å². The molecular weight excluding hydrogens is 683 g/mol. The Balaban J connectivity index is 1.10. The van der Waals surface area contributed by atoms with Crippen LogP contribution in [0.5, 0.6) is 0 Å². The summed E-state index contributed by atoms with van der Waals surface area (Å²) in [7, 11) is 0. The van der Waals surface area contributed by atoms with Crippen molar-refractivity contribution in [2.45, 2.75) is 134 Å². The SMILES string of the molecule is N#CC1=Cc2c(n(C3CC(C4=C(C5CCCCC5C5CCC=C(C#N)C5)CCC=C4)CC(N4C5=C(C=CCC5)C5CCC=CC54)C3)c3ccc(C#N)cc23)CC1. The molecule has 5 heteroatoms. The number of nitrogens with zero attached hydrogens (tertiary/aromatic N) is 5. The third-order valence-electron chi connectivity index (χ3n) is 15.5. The summed E-state index contributed by atoms with van der Waals surface area (Å²) in [6, 6.07) is 14.9. The molecule has 284 valence electrons. The second-order valence-electron chi connectivity index (χ2n) is 18.3. The van der Waals surface area contributed by atoms with Crippen molar-refractivity contribution in [3.8, 4) is 18.2 Å². The standard InChI is InChI=1S/C51H55N5/c52-30-33-10-9-11-36(24-33)40-12-1-3-14-42(40)43-15-4-2-13-41(43)37-27-38(55-48-18-7-5-16-44(48)45-17-6-8-19-49(45)55)29-39(28-37)56-50-22-20-34(31-53)25-46(50)47-26-35(32-54)21-23-51(47)56/h2,5,8,10,13,16,19-20,22,25-26,36-40,42,45,49H,1,3-4,6-7,9,11-12,14-15,17-18,21,23-24,27-29H2. The number of hydrogen-bond donors (Lipinski definition) is 0. The topological polar surface area (TPSA) is 79.5 Å². The maximum Gasteiger partial charge on any atom is 0.0991 e. The second kappa shape index (κ2) is 14.9. The van der Waals surface area contributed by atoms with E-state index in [9.17, 15) is 15.8 Å². The normalized spacial score (nSPS) is 32.6. The van der Waals surface area contributed by atoms with Crippen molar-refractivity contribution in [1.82, 2.24) is 9.47 Å². The van der Waals surface area contributed by atoms with E-state index >= 15 is 0 Å². The Kier molecular flexibility index (Phi) is 9.50. The summed E-state index contributed by atoms with van der Waals surface area (Å²) in [5.74, 6) is 2.98. The molecule has 0 saturated heterocycles. The fourth-order valence-electron chi connectivity index (χ4n) is 13.3. The molecule has 1 aromatic carbocycles. The summed E-state index contributed by atoms with van der Waals surface area (Å²) in [5.41, 5.74) is 13.0. The van der Waals surface area contributed by atoms with Crippen molar-refractivity contribution in [3.63, 3.8) is 0 Å². The van der Waals surface area contributed by atoms with Crippen LogP contribution in [0.25, 0.3) is 17.0 Å². The molecular formula is C51H55N5. The number of aromatic nitrogens is 1. The Morgan fingerprint density at radius 2 is 1.54 bits per heavy atom. The number of rotatable bonds is 5. The van der Waals surface area contributed by atoms with Crippen LogP contribution in [-0.4, -0.2) is 21.6 Å². The molecule has 0 radical (unpaired) electrons. The van der Waals surface area contributed by atoms with E-state index in [1.54, 1.807) is 22.4 Å². The van der Waals surface area contributed by atoms with Gasteiger partial charge in [0.15, 0.2) is 0 Å². The highest BCUT2D eigenvalue weighted by Crippen LogP contribution is 2.53. The van der Waals surface area contributed by atoms with Gasteiger partial charge in [-0.05, 0) is 162 Å². The third kappa shape index (κ3) is 6.08. The first kappa shape index (κ1) is 35.6. The predicted octanol–water partition coefficient (Wildman–Crippen LogP) is 12.0. The van der Waals surface area contributed by atoms with Crippen LogP contribution in [0.3, 0.4) is 0 Å². The number of nitriles is 3. The molecule has 2 aromatic rings. The third-order valence-corrected chi connectivity index (χ3v) is 15.5. The highest BCUT2D eigenvalue weighted by molar-refractivity contribution is 5.94. The lowest BCUT2D eigenvalue weighted by atomic mass is 9.63. The molecule has 8 aliphatic rings. The number of benzene rings is 1. The fraction of sp³-hybridized carbons (Fsp3) is 0.510. The first-order chi connectivity index (χ1) is 27.6. The minimum Gasteiger partial charge on any atom is -0.364 e. The lowest BCUT2D eigenvalue weighted by Gasteiger charge is -2.47. The Morgan fingerprint density at radius 1 is 0.696 bits per heavy atom. The van der Waals surface area contributed by atoms with E-state index in [1.165, 1.54) is 74.6 Å². The van der Waals surface area contributed by atoms with Gasteiger partial charge in [-0.3, -0.25) is 0 Å². The van der Waals surface area contributed by atoms with Gasteiger partial charge in [0.25, 0.3) is 0 Å². The maximum absolute atomic E-state index is 10.0. The summed E-state index contributed by atoms with van der Waals surface area (Å²) in [4.78, 5) is 2.95. The Labute approximate surface area is 333 Å². The van der Waals surface area contributed by atoms with Crippen LogP contribution in [0.4, 0.5) is 0 Å². The summed E-state index contributed by atoms with van der Waals surface area (Å²) in [6.07, 6.45) is 40.0. The van der Waals surface area contributed by atoms with Crippen LogP contribution in [-0.2, 0) is 6.42 Å². The monoisotopic (exact) mass is 737 g/mol. The van der Waals surface area contributed by atoms with Crippen LogP contribution in [0, 0.1) is 63.6 Å². The minimum absolute atomic E-state index is 0.317. The summed E-state index contributed by atoms with van der Waals surface area (Å²) >= 11 is 0. The average molecular weight is 738 g/mol. The lowest BCUT2D eigenvalue weighted by Crippen LogP contribution is -2.46. The quantitative estimate of drug-likeness (QED) is 0.286. The molecule has 0 amide bonds. The highest BCUT2D eigenvalue weighted by Gasteiger charge is 2.46. The van der Waals surface area contributed by atoms with Gasteiger partial charge in [0.1, 0.15) is 0 Å². The van der Waals surface area contributed by atoms with Gasteiger partial charge in [-0.25, -0.2) is 0 Å². The van der Waals surface area contributed by atoms with Crippen molar-refractivity contribution in [2.75, 3.05) is 0 Å². The molecule has 8 atom stereocenters. The van der Waals surface area contributed by atoms with Gasteiger partial charge in [0.05, 0.1) is 29.8 Å². The van der Waals surface area contributed by atoms with Crippen LogP contribution in [0.15, 0.2) is 94.3 Å². The molecule has 10 rings (SSSR count). The summed E-state index contributed by atoms with van der Waals surface area (Å²) < 4.78 is 2.71. The molecule has 2 heterocycles. The van der Waals surface area contributed by atoms with Gasteiger partial charge in [0, 0.05) is 57.0 Å². The molecule has 5 nitrogen and oxygen atoms in total. The van der Waals surface area contributed by atoms with Crippen LogP contribution in [0.1, 0.15) is 132 Å². The zero-order valence-corrected chi connectivity index (χ0v) is 32.9. The maximum atomic E-state index is 10.0. The molecule has 0 N–H and O–H groups in total. The molecule has 1 aliphatic heterocycles. The highest BCUT2D eigenvalue weighted by atomic mass is 15.2. The molecule has 0 spiro atoms. The number of hydrogen-bond acceptors (Lipinski definition) is 4. The van der Waals surface area contributed by atoms with E-state index in [0.717, 1.165) is 74.3 Å². The van der Waals surface area contributed by atoms with E-state index in [2.05, 4.69) is 88.4 Å². The van der Waals surface area contributed by atoms with Gasteiger partial charge >= 0.3 is 0 Å². The van der Waals surface area contributed by atoms with Gasteiger partial charge < -0.3 is 9.47 Å². The van der Waals surface area contributed by atoms with Crippen LogP contribution >= 0.6 is 0 Å². The van der Waals surface area contributed by atoms with Crippen molar-refractivity contribution >= 4 is 17.0 Å². The molecule has 1 aromatic heterocycles. The lowest BCUT2D eigenvalue weighted by molar-refractivity contribution is 0.113. The molecule has 0 bridgehead atoms. The van der Waals surface area contributed by atoms with E-state index in [0.29, 0.717) is 53.3 Å². The van der Waals surface area contributed by atoms with Crippen LogP contribution in [0.2, 0.25) is 0 Å². The average Bonchev–Trinajstić information content (AvgIpc) is 3.78. The zero-order chi connectivity index (χ0) is 37.8. The number of allylic oxidation sites excluding steroid dienone is 11. The van der Waals surface area contributed by atoms with Gasteiger partial charge in [-0.1, -0.05) is 60.9 Å². The van der Waals surface area contributed by atoms with E-state index in [1.807, 2.05) is 6.07 Å². The molecule has 2 saturated carbocycles.